The maximum absolute atomic E-state index is 9.14. The lowest BCUT2D eigenvalue weighted by Crippen LogP contribution is -2.05. The van der Waals surface area contributed by atoms with Gasteiger partial charge in [-0.15, -0.1) is 0 Å². The number of nitrogen functional groups attached to an aromatic ring is 1. The Morgan fingerprint density at radius 1 is 1.62 bits per heavy atom. The SMILES string of the molecule is CCCCNc1ncc(N)c(O)n1. The minimum atomic E-state index is -0.172. The number of nitrogens with two attached hydrogens (primary N) is 1. The molecule has 4 N–H and O–H groups in total. The summed E-state index contributed by atoms with van der Waals surface area (Å²) in [5, 5.41) is 12.1. The third-order valence-electron chi connectivity index (χ3n) is 1.61. The highest BCUT2D eigenvalue weighted by molar-refractivity contribution is 5.47. The molecule has 0 fully saturated rings. The highest BCUT2D eigenvalue weighted by Gasteiger charge is 2.00. The molecule has 0 unspecified atom stereocenters. The van der Waals surface area contributed by atoms with Crippen molar-refractivity contribution in [2.24, 2.45) is 0 Å². The van der Waals surface area contributed by atoms with Crippen molar-refractivity contribution >= 4 is 11.6 Å². The Balaban J connectivity index is 2.53. The van der Waals surface area contributed by atoms with Gasteiger partial charge >= 0.3 is 0 Å². The Hall–Kier alpha value is -1.52. The van der Waals surface area contributed by atoms with Crippen LogP contribution in [-0.4, -0.2) is 21.6 Å². The molecule has 0 saturated carbocycles. The van der Waals surface area contributed by atoms with Crippen LogP contribution in [0.2, 0.25) is 0 Å². The number of hydrogen-bond donors (Lipinski definition) is 3. The Morgan fingerprint density at radius 2 is 2.38 bits per heavy atom. The number of unbranched alkanes of at least 4 members (excludes halogenated alkanes) is 1. The first kappa shape index (κ1) is 9.57. The van der Waals surface area contributed by atoms with E-state index < -0.39 is 0 Å². The molecule has 1 rings (SSSR count). The minimum absolute atomic E-state index is 0.172. The number of hydrogen-bond acceptors (Lipinski definition) is 5. The van der Waals surface area contributed by atoms with Gasteiger partial charge in [0, 0.05) is 6.54 Å². The summed E-state index contributed by atoms with van der Waals surface area (Å²) in [6.45, 7) is 2.91. The molecule has 0 aliphatic rings. The zero-order valence-corrected chi connectivity index (χ0v) is 7.62. The predicted octanol–water partition coefficient (Wildman–Crippen LogP) is 0.976. The number of aromatic hydroxyl groups is 1. The van der Waals surface area contributed by atoms with Gasteiger partial charge in [-0.1, -0.05) is 13.3 Å². The standard InChI is InChI=1S/C8H14N4O/c1-2-3-4-10-8-11-5-6(9)7(13)12-8/h5H,2-4,9H2,1H3,(H2,10,11,12,13). The van der Waals surface area contributed by atoms with Gasteiger partial charge in [0.15, 0.2) is 0 Å². The van der Waals surface area contributed by atoms with Crippen molar-refractivity contribution in [3.63, 3.8) is 0 Å². The molecular formula is C8H14N4O. The molecule has 72 valence electrons. The van der Waals surface area contributed by atoms with Gasteiger partial charge in [-0.3, -0.25) is 0 Å². The number of nitrogens with zero attached hydrogens (tertiary/aromatic N) is 2. The Labute approximate surface area is 77.0 Å². The minimum Gasteiger partial charge on any atom is -0.492 e. The van der Waals surface area contributed by atoms with E-state index in [1.807, 2.05) is 0 Å². The maximum atomic E-state index is 9.14. The number of nitrogens with one attached hydrogen (secondary N) is 1. The summed E-state index contributed by atoms with van der Waals surface area (Å²) in [7, 11) is 0. The lowest BCUT2D eigenvalue weighted by Gasteiger charge is -2.03. The molecule has 5 nitrogen and oxygen atoms in total. The van der Waals surface area contributed by atoms with E-state index >= 15 is 0 Å². The molecule has 0 amide bonds. The van der Waals surface area contributed by atoms with Gasteiger partial charge in [0.1, 0.15) is 5.69 Å². The largest absolute Gasteiger partial charge is 0.492 e. The molecule has 0 aliphatic heterocycles. The monoisotopic (exact) mass is 182 g/mol. The summed E-state index contributed by atoms with van der Waals surface area (Å²) in [4.78, 5) is 7.66. The van der Waals surface area contributed by atoms with E-state index in [0.717, 1.165) is 19.4 Å². The van der Waals surface area contributed by atoms with Crippen LogP contribution in [0.5, 0.6) is 5.88 Å². The predicted molar refractivity (Wildman–Crippen MR) is 51.5 cm³/mol. The third-order valence-corrected chi connectivity index (χ3v) is 1.61. The second kappa shape index (κ2) is 4.49. The average Bonchev–Trinajstić information content (AvgIpc) is 2.12. The zero-order chi connectivity index (χ0) is 9.68. The fourth-order valence-electron chi connectivity index (χ4n) is 0.844. The van der Waals surface area contributed by atoms with Crippen molar-refractivity contribution in [1.29, 1.82) is 0 Å². The van der Waals surface area contributed by atoms with Crippen LogP contribution in [-0.2, 0) is 0 Å². The number of rotatable bonds is 4. The highest BCUT2D eigenvalue weighted by Crippen LogP contribution is 2.15. The van der Waals surface area contributed by atoms with Crippen molar-refractivity contribution in [3.8, 4) is 5.88 Å². The van der Waals surface area contributed by atoms with Gasteiger partial charge in [0.05, 0.1) is 6.20 Å². The molecule has 1 heterocycles. The molecule has 0 radical (unpaired) electrons. The summed E-state index contributed by atoms with van der Waals surface area (Å²) in [6, 6.07) is 0. The summed E-state index contributed by atoms with van der Waals surface area (Å²) < 4.78 is 0. The summed E-state index contributed by atoms with van der Waals surface area (Å²) >= 11 is 0. The van der Waals surface area contributed by atoms with Crippen LogP contribution < -0.4 is 11.1 Å². The first-order valence-corrected chi connectivity index (χ1v) is 4.29. The van der Waals surface area contributed by atoms with Crippen molar-refractivity contribution in [2.75, 3.05) is 17.6 Å². The Kier molecular flexibility index (Phi) is 3.31. The van der Waals surface area contributed by atoms with Gasteiger partial charge in [0.25, 0.3) is 0 Å². The number of aromatic nitrogens is 2. The molecule has 0 saturated heterocycles. The first-order valence-electron chi connectivity index (χ1n) is 4.29. The van der Waals surface area contributed by atoms with E-state index in [0.29, 0.717) is 5.95 Å². The molecular weight excluding hydrogens is 168 g/mol. The van der Waals surface area contributed by atoms with Crippen LogP contribution in [0, 0.1) is 0 Å². The van der Waals surface area contributed by atoms with Crippen LogP contribution in [0.1, 0.15) is 19.8 Å². The molecule has 0 aliphatic carbocycles. The molecule has 5 heteroatoms. The van der Waals surface area contributed by atoms with Gasteiger partial charge < -0.3 is 16.2 Å². The van der Waals surface area contributed by atoms with E-state index in [2.05, 4.69) is 22.2 Å². The Bertz CT molecular complexity index is 277. The number of anilines is 2. The van der Waals surface area contributed by atoms with Gasteiger partial charge in [-0.2, -0.15) is 4.98 Å². The lowest BCUT2D eigenvalue weighted by atomic mass is 10.3. The van der Waals surface area contributed by atoms with E-state index in [4.69, 9.17) is 10.8 Å². The quantitative estimate of drug-likeness (QED) is 0.604. The van der Waals surface area contributed by atoms with Crippen molar-refractivity contribution < 1.29 is 5.11 Å². The molecule has 0 atom stereocenters. The van der Waals surface area contributed by atoms with E-state index in [9.17, 15) is 0 Å². The normalized spacial score (nSPS) is 9.92. The molecule has 0 spiro atoms. The molecule has 13 heavy (non-hydrogen) atoms. The van der Waals surface area contributed by atoms with Crippen LogP contribution in [0.25, 0.3) is 0 Å². The molecule has 1 aromatic heterocycles. The molecule has 0 bridgehead atoms. The highest BCUT2D eigenvalue weighted by atomic mass is 16.3. The van der Waals surface area contributed by atoms with Gasteiger partial charge in [0.2, 0.25) is 11.8 Å². The van der Waals surface area contributed by atoms with E-state index in [1.165, 1.54) is 6.20 Å². The molecule has 0 aromatic carbocycles. The second-order valence-electron chi connectivity index (χ2n) is 2.75. The Morgan fingerprint density at radius 3 is 3.00 bits per heavy atom. The van der Waals surface area contributed by atoms with E-state index in [-0.39, 0.29) is 11.6 Å². The van der Waals surface area contributed by atoms with Crippen molar-refractivity contribution in [2.45, 2.75) is 19.8 Å². The smallest absolute Gasteiger partial charge is 0.239 e. The van der Waals surface area contributed by atoms with E-state index in [1.54, 1.807) is 0 Å². The maximum Gasteiger partial charge on any atom is 0.239 e. The van der Waals surface area contributed by atoms with Crippen molar-refractivity contribution in [3.05, 3.63) is 6.20 Å². The third kappa shape index (κ3) is 2.77. The topological polar surface area (TPSA) is 84.1 Å². The summed E-state index contributed by atoms with van der Waals surface area (Å²) in [5.41, 5.74) is 5.54. The first-order chi connectivity index (χ1) is 6.24. The van der Waals surface area contributed by atoms with Crippen molar-refractivity contribution in [1.82, 2.24) is 9.97 Å². The van der Waals surface area contributed by atoms with Gasteiger partial charge in [-0.05, 0) is 6.42 Å². The lowest BCUT2D eigenvalue weighted by molar-refractivity contribution is 0.456. The zero-order valence-electron chi connectivity index (χ0n) is 7.62. The fourth-order valence-corrected chi connectivity index (χ4v) is 0.844. The van der Waals surface area contributed by atoms with Crippen LogP contribution in [0.4, 0.5) is 11.6 Å². The fraction of sp³-hybridized carbons (Fsp3) is 0.500. The van der Waals surface area contributed by atoms with Crippen LogP contribution >= 0.6 is 0 Å². The second-order valence-corrected chi connectivity index (χ2v) is 2.75. The summed E-state index contributed by atoms with van der Waals surface area (Å²) in [6.07, 6.45) is 3.54. The van der Waals surface area contributed by atoms with Crippen LogP contribution in [0.15, 0.2) is 6.20 Å². The molecule has 1 aromatic rings. The summed E-state index contributed by atoms with van der Waals surface area (Å²) in [5.74, 6) is 0.245. The van der Waals surface area contributed by atoms with Crippen LogP contribution in [0.3, 0.4) is 0 Å². The average molecular weight is 182 g/mol. The van der Waals surface area contributed by atoms with Gasteiger partial charge in [-0.25, -0.2) is 4.98 Å².